The topological polar surface area (TPSA) is 33.3 Å². The van der Waals surface area contributed by atoms with Crippen LogP contribution in [0.3, 0.4) is 0 Å². The maximum Gasteiger partial charge on any atom is 0.167 e. The average molecular weight is 355 g/mol. The van der Waals surface area contributed by atoms with Crippen molar-refractivity contribution in [1.82, 2.24) is 10.6 Å². The minimum atomic E-state index is 0.197. The second kappa shape index (κ2) is 8.34. The molecule has 0 saturated carbocycles. The summed E-state index contributed by atoms with van der Waals surface area (Å²) in [5, 5.41) is 7.35. The Bertz CT molecular complexity index is 727. The van der Waals surface area contributed by atoms with E-state index >= 15 is 0 Å². The minimum Gasteiger partial charge on any atom is -0.497 e. The van der Waals surface area contributed by atoms with Gasteiger partial charge >= 0.3 is 0 Å². The lowest BCUT2D eigenvalue weighted by molar-refractivity contribution is 0.414. The monoisotopic (exact) mass is 354 g/mol. The van der Waals surface area contributed by atoms with Crippen molar-refractivity contribution >= 4 is 17.3 Å². The first-order valence-electron chi connectivity index (χ1n) is 8.94. The highest BCUT2D eigenvalue weighted by Crippen LogP contribution is 2.24. The molecule has 4 heteroatoms. The first-order chi connectivity index (χ1) is 12.2. The molecule has 0 aliphatic heterocycles. The molecule has 0 bridgehead atoms. The van der Waals surface area contributed by atoms with E-state index in [-0.39, 0.29) is 6.04 Å². The molecule has 2 N–H and O–H groups in total. The van der Waals surface area contributed by atoms with Crippen molar-refractivity contribution in [2.45, 2.75) is 45.2 Å². The van der Waals surface area contributed by atoms with Gasteiger partial charge < -0.3 is 15.4 Å². The van der Waals surface area contributed by atoms with Crippen LogP contribution in [0.15, 0.2) is 42.5 Å². The molecule has 0 fully saturated rings. The van der Waals surface area contributed by atoms with Crippen molar-refractivity contribution in [2.75, 3.05) is 7.11 Å². The molecule has 3 rings (SSSR count). The Morgan fingerprint density at radius 1 is 1.08 bits per heavy atom. The standard InChI is InChI=1S/C21H26N2OS/c1-15(18-10-9-17-5-3-4-6-19(17)13-18)23-21(25)22-14-16-7-11-20(24-2)12-8-16/h7-13,15H,3-6,14H2,1-2H3,(H2,22,23,25)/t15-/m0/s1. The maximum atomic E-state index is 5.45. The van der Waals surface area contributed by atoms with Crippen molar-refractivity contribution in [3.05, 3.63) is 64.7 Å². The first kappa shape index (κ1) is 17.7. The van der Waals surface area contributed by atoms with Gasteiger partial charge in [-0.05, 0) is 79.2 Å². The van der Waals surface area contributed by atoms with Crippen molar-refractivity contribution in [3.63, 3.8) is 0 Å². The predicted octanol–water partition coefficient (Wildman–Crippen LogP) is 4.30. The molecular weight excluding hydrogens is 328 g/mol. The van der Waals surface area contributed by atoms with E-state index in [1.807, 2.05) is 24.3 Å². The van der Waals surface area contributed by atoms with Crippen molar-refractivity contribution in [2.24, 2.45) is 0 Å². The molecule has 132 valence electrons. The van der Waals surface area contributed by atoms with E-state index < -0.39 is 0 Å². The molecule has 1 atom stereocenters. The van der Waals surface area contributed by atoms with Gasteiger partial charge in [-0.3, -0.25) is 0 Å². The maximum absolute atomic E-state index is 5.45. The fourth-order valence-electron chi connectivity index (χ4n) is 3.28. The minimum absolute atomic E-state index is 0.197. The summed E-state index contributed by atoms with van der Waals surface area (Å²) < 4.78 is 5.18. The largest absolute Gasteiger partial charge is 0.497 e. The van der Waals surface area contributed by atoms with Gasteiger partial charge in [-0.1, -0.05) is 30.3 Å². The summed E-state index contributed by atoms with van der Waals surface area (Å²) in [5.74, 6) is 0.866. The summed E-state index contributed by atoms with van der Waals surface area (Å²) in [5.41, 5.74) is 5.50. The van der Waals surface area contributed by atoms with Gasteiger partial charge in [0.2, 0.25) is 0 Å². The number of thiocarbonyl (C=S) groups is 1. The Hall–Kier alpha value is -2.07. The number of methoxy groups -OCH3 is 1. The van der Waals surface area contributed by atoms with Crippen molar-refractivity contribution < 1.29 is 4.74 Å². The van der Waals surface area contributed by atoms with E-state index in [1.165, 1.54) is 47.9 Å². The zero-order chi connectivity index (χ0) is 17.6. The van der Waals surface area contributed by atoms with Crippen LogP contribution >= 0.6 is 12.2 Å². The fourth-order valence-corrected chi connectivity index (χ4v) is 3.53. The van der Waals surface area contributed by atoms with Gasteiger partial charge in [0.25, 0.3) is 0 Å². The third-order valence-corrected chi connectivity index (χ3v) is 5.09. The van der Waals surface area contributed by atoms with E-state index in [9.17, 15) is 0 Å². The molecular formula is C21H26N2OS. The van der Waals surface area contributed by atoms with Gasteiger partial charge in [-0.25, -0.2) is 0 Å². The quantitative estimate of drug-likeness (QED) is 0.785. The molecule has 0 radical (unpaired) electrons. The smallest absolute Gasteiger partial charge is 0.167 e. The van der Waals surface area contributed by atoms with E-state index in [2.05, 4.69) is 35.8 Å². The van der Waals surface area contributed by atoms with Crippen LogP contribution in [0.1, 0.15) is 48.1 Å². The number of ether oxygens (including phenoxy) is 1. The van der Waals surface area contributed by atoms with Crippen molar-refractivity contribution in [1.29, 1.82) is 0 Å². The Morgan fingerprint density at radius 3 is 2.52 bits per heavy atom. The lowest BCUT2D eigenvalue weighted by atomic mass is 9.89. The van der Waals surface area contributed by atoms with E-state index in [4.69, 9.17) is 17.0 Å². The first-order valence-corrected chi connectivity index (χ1v) is 9.35. The molecule has 0 aromatic heterocycles. The summed E-state index contributed by atoms with van der Waals surface area (Å²) in [4.78, 5) is 0. The molecule has 2 aromatic carbocycles. The van der Waals surface area contributed by atoms with Crippen LogP contribution < -0.4 is 15.4 Å². The number of aryl methyl sites for hydroxylation is 2. The summed E-state index contributed by atoms with van der Waals surface area (Å²) in [7, 11) is 1.68. The number of fused-ring (bicyclic) bond motifs is 1. The summed E-state index contributed by atoms with van der Waals surface area (Å²) in [6.07, 6.45) is 5.05. The van der Waals surface area contributed by atoms with Gasteiger partial charge in [0.1, 0.15) is 5.75 Å². The third-order valence-electron chi connectivity index (χ3n) is 4.83. The Balaban J connectivity index is 1.53. The molecule has 0 spiro atoms. The molecule has 0 unspecified atom stereocenters. The second-order valence-corrected chi connectivity index (χ2v) is 7.04. The summed E-state index contributed by atoms with van der Waals surface area (Å²) in [6.45, 7) is 2.86. The molecule has 25 heavy (non-hydrogen) atoms. The highest BCUT2D eigenvalue weighted by Gasteiger charge is 2.13. The third kappa shape index (κ3) is 4.73. The van der Waals surface area contributed by atoms with Gasteiger partial charge in [-0.2, -0.15) is 0 Å². The average Bonchev–Trinajstić information content (AvgIpc) is 2.66. The normalized spacial score (nSPS) is 14.3. The lowest BCUT2D eigenvalue weighted by Gasteiger charge is -2.21. The number of nitrogens with one attached hydrogen (secondary N) is 2. The van der Waals surface area contributed by atoms with Gasteiger partial charge in [0, 0.05) is 6.54 Å². The van der Waals surface area contributed by atoms with Crippen LogP contribution in [0.5, 0.6) is 5.75 Å². The SMILES string of the molecule is COc1ccc(CNC(=S)N[C@@H](C)c2ccc3c(c2)CCCC3)cc1. The van der Waals surface area contributed by atoms with Crippen LogP contribution in [-0.2, 0) is 19.4 Å². The van der Waals surface area contributed by atoms with Gasteiger partial charge in [0.15, 0.2) is 5.11 Å². The van der Waals surface area contributed by atoms with Crippen LogP contribution in [-0.4, -0.2) is 12.2 Å². The zero-order valence-electron chi connectivity index (χ0n) is 15.0. The number of hydrogen-bond donors (Lipinski definition) is 2. The Morgan fingerprint density at radius 2 is 1.80 bits per heavy atom. The molecule has 0 amide bonds. The van der Waals surface area contributed by atoms with Crippen LogP contribution in [0.25, 0.3) is 0 Å². The second-order valence-electron chi connectivity index (χ2n) is 6.63. The molecule has 0 saturated heterocycles. The fraction of sp³-hybridized carbons (Fsp3) is 0.381. The molecule has 2 aromatic rings. The highest BCUT2D eigenvalue weighted by molar-refractivity contribution is 7.80. The Kier molecular flexibility index (Phi) is 5.92. The van der Waals surface area contributed by atoms with Gasteiger partial charge in [0.05, 0.1) is 13.2 Å². The lowest BCUT2D eigenvalue weighted by Crippen LogP contribution is -2.36. The number of hydrogen-bond acceptors (Lipinski definition) is 2. The molecule has 1 aliphatic carbocycles. The van der Waals surface area contributed by atoms with Crippen LogP contribution in [0.2, 0.25) is 0 Å². The molecule has 3 nitrogen and oxygen atoms in total. The van der Waals surface area contributed by atoms with E-state index in [0.717, 1.165) is 5.75 Å². The van der Waals surface area contributed by atoms with Crippen molar-refractivity contribution in [3.8, 4) is 5.75 Å². The summed E-state index contributed by atoms with van der Waals surface area (Å²) >= 11 is 5.45. The number of benzene rings is 2. The highest BCUT2D eigenvalue weighted by atomic mass is 32.1. The molecule has 0 heterocycles. The Labute approximate surface area is 155 Å². The van der Waals surface area contributed by atoms with Gasteiger partial charge in [-0.15, -0.1) is 0 Å². The predicted molar refractivity (Wildman–Crippen MR) is 107 cm³/mol. The van der Waals surface area contributed by atoms with Crippen LogP contribution in [0.4, 0.5) is 0 Å². The van der Waals surface area contributed by atoms with Crippen LogP contribution in [0, 0.1) is 0 Å². The van der Waals surface area contributed by atoms with E-state index in [0.29, 0.717) is 11.7 Å². The molecule has 1 aliphatic rings. The summed E-state index contributed by atoms with van der Waals surface area (Å²) in [6, 6.07) is 15.1. The zero-order valence-corrected chi connectivity index (χ0v) is 15.8. The van der Waals surface area contributed by atoms with E-state index in [1.54, 1.807) is 7.11 Å². The number of rotatable bonds is 5.